The molecule has 0 unspecified atom stereocenters. The van der Waals surface area contributed by atoms with Crippen LogP contribution in [0.2, 0.25) is 0 Å². The minimum Gasteiger partial charge on any atom is -0.489 e. The highest BCUT2D eigenvalue weighted by molar-refractivity contribution is 5.79. The van der Waals surface area contributed by atoms with Crippen molar-refractivity contribution in [2.24, 2.45) is 5.92 Å². The predicted molar refractivity (Wildman–Crippen MR) is 93.6 cm³/mol. The fourth-order valence-corrected chi connectivity index (χ4v) is 3.18. The summed E-state index contributed by atoms with van der Waals surface area (Å²) in [4.78, 5) is 0. The molecule has 2 aliphatic rings. The number of rotatable bonds is 5. The van der Waals surface area contributed by atoms with Crippen LogP contribution in [0.1, 0.15) is 24.0 Å². The Morgan fingerprint density at radius 3 is 2.65 bits per heavy atom. The van der Waals surface area contributed by atoms with Crippen LogP contribution in [0.3, 0.4) is 0 Å². The maximum atomic E-state index is 6.05. The van der Waals surface area contributed by atoms with Crippen molar-refractivity contribution in [3.63, 3.8) is 0 Å². The van der Waals surface area contributed by atoms with Crippen LogP contribution in [0.5, 0.6) is 5.75 Å². The van der Waals surface area contributed by atoms with Crippen LogP contribution >= 0.6 is 0 Å². The minimum absolute atomic E-state index is 0.601. The summed E-state index contributed by atoms with van der Waals surface area (Å²) in [5.74, 6) is 1.80. The summed E-state index contributed by atoms with van der Waals surface area (Å²) >= 11 is 0. The Balaban J connectivity index is 1.54. The first-order valence-corrected chi connectivity index (χ1v) is 8.30. The standard InChI is InChI=1S/C19H23N3O/c1-14-18(23-13-16-6-4-3-5-7-16)11-10-17-19(14)21(2)20-22(17)12-15-8-9-15/h3-7,10-11,15,20H,8-9,12-13H2,1-2H3. The number of benzene rings is 2. The molecule has 0 bridgehead atoms. The number of nitrogens with zero attached hydrogens (tertiary/aromatic N) is 2. The summed E-state index contributed by atoms with van der Waals surface area (Å²) in [6, 6.07) is 14.6. The summed E-state index contributed by atoms with van der Waals surface area (Å²) in [6.07, 6.45) is 2.71. The first kappa shape index (κ1) is 14.4. The molecule has 23 heavy (non-hydrogen) atoms. The summed E-state index contributed by atoms with van der Waals surface area (Å²) in [6.45, 7) is 3.82. The quantitative estimate of drug-likeness (QED) is 0.912. The van der Waals surface area contributed by atoms with Gasteiger partial charge in [0.15, 0.2) is 0 Å². The molecule has 0 aromatic heterocycles. The summed E-state index contributed by atoms with van der Waals surface area (Å²) in [5, 5.41) is 4.36. The van der Waals surface area contributed by atoms with Crippen molar-refractivity contribution < 1.29 is 4.74 Å². The second kappa shape index (κ2) is 5.78. The van der Waals surface area contributed by atoms with Gasteiger partial charge in [0.05, 0.1) is 11.4 Å². The summed E-state index contributed by atoms with van der Waals surface area (Å²) in [7, 11) is 2.07. The Morgan fingerprint density at radius 1 is 1.13 bits per heavy atom. The normalized spacial score (nSPS) is 16.6. The van der Waals surface area contributed by atoms with Crippen molar-refractivity contribution >= 4 is 11.4 Å². The molecule has 0 atom stereocenters. The second-order valence-corrected chi connectivity index (χ2v) is 6.54. The number of fused-ring (bicyclic) bond motifs is 1. The third-order valence-corrected chi connectivity index (χ3v) is 4.63. The molecule has 4 rings (SSSR count). The van der Waals surface area contributed by atoms with Gasteiger partial charge >= 0.3 is 0 Å². The van der Waals surface area contributed by atoms with Crippen LogP contribution in [0.4, 0.5) is 11.4 Å². The number of hydrogen-bond donors (Lipinski definition) is 1. The van der Waals surface area contributed by atoms with Gasteiger partial charge in [-0.2, -0.15) is 0 Å². The Labute approximate surface area is 137 Å². The van der Waals surface area contributed by atoms with E-state index in [1.165, 1.54) is 35.3 Å². The molecule has 0 radical (unpaired) electrons. The van der Waals surface area contributed by atoms with E-state index in [0.29, 0.717) is 6.61 Å². The zero-order valence-electron chi connectivity index (χ0n) is 13.7. The molecule has 1 saturated carbocycles. The van der Waals surface area contributed by atoms with Gasteiger partial charge < -0.3 is 4.74 Å². The molecule has 4 nitrogen and oxygen atoms in total. The predicted octanol–water partition coefficient (Wildman–Crippen LogP) is 3.66. The van der Waals surface area contributed by atoms with Gasteiger partial charge in [0.1, 0.15) is 12.4 Å². The van der Waals surface area contributed by atoms with Crippen molar-refractivity contribution in [1.82, 2.24) is 5.53 Å². The zero-order chi connectivity index (χ0) is 15.8. The van der Waals surface area contributed by atoms with E-state index in [0.717, 1.165) is 18.2 Å². The Kier molecular flexibility index (Phi) is 3.62. The van der Waals surface area contributed by atoms with Gasteiger partial charge in [0.2, 0.25) is 0 Å². The molecule has 2 aromatic rings. The smallest absolute Gasteiger partial charge is 0.124 e. The summed E-state index contributed by atoms with van der Waals surface area (Å²) < 4.78 is 6.05. The largest absolute Gasteiger partial charge is 0.489 e. The van der Waals surface area contributed by atoms with Crippen molar-refractivity contribution in [2.45, 2.75) is 26.4 Å². The molecule has 0 saturated heterocycles. The van der Waals surface area contributed by atoms with E-state index in [9.17, 15) is 0 Å². The van der Waals surface area contributed by atoms with Crippen molar-refractivity contribution in [3.8, 4) is 5.75 Å². The van der Waals surface area contributed by atoms with E-state index >= 15 is 0 Å². The molecule has 1 heterocycles. The average Bonchev–Trinajstić information content (AvgIpc) is 3.31. The third kappa shape index (κ3) is 2.86. The van der Waals surface area contributed by atoms with E-state index < -0.39 is 0 Å². The van der Waals surface area contributed by atoms with Crippen molar-refractivity contribution in [3.05, 3.63) is 53.6 Å². The lowest BCUT2D eigenvalue weighted by atomic mass is 10.1. The molecule has 4 heteroatoms. The third-order valence-electron chi connectivity index (χ3n) is 4.63. The van der Waals surface area contributed by atoms with E-state index in [1.54, 1.807) is 0 Å². The fourth-order valence-electron chi connectivity index (χ4n) is 3.18. The Bertz CT molecular complexity index is 697. The lowest BCUT2D eigenvalue weighted by molar-refractivity contribution is 0.304. The lowest BCUT2D eigenvalue weighted by Gasteiger charge is -2.19. The van der Waals surface area contributed by atoms with Gasteiger partial charge in [-0.3, -0.25) is 10.0 Å². The van der Waals surface area contributed by atoms with Crippen LogP contribution < -0.4 is 20.3 Å². The van der Waals surface area contributed by atoms with Crippen LogP contribution in [0.25, 0.3) is 0 Å². The van der Waals surface area contributed by atoms with Crippen LogP contribution in [0.15, 0.2) is 42.5 Å². The van der Waals surface area contributed by atoms with E-state index in [2.05, 4.69) is 53.8 Å². The van der Waals surface area contributed by atoms with E-state index in [-0.39, 0.29) is 0 Å². The Morgan fingerprint density at radius 2 is 1.91 bits per heavy atom. The topological polar surface area (TPSA) is 27.7 Å². The number of hydrazine groups is 2. The molecule has 2 aromatic carbocycles. The molecular weight excluding hydrogens is 286 g/mol. The number of hydrogen-bond acceptors (Lipinski definition) is 4. The molecule has 1 aliphatic heterocycles. The number of anilines is 2. The lowest BCUT2D eigenvalue weighted by Crippen LogP contribution is -2.43. The first-order valence-electron chi connectivity index (χ1n) is 8.30. The van der Waals surface area contributed by atoms with Crippen LogP contribution in [-0.4, -0.2) is 13.6 Å². The first-order chi connectivity index (χ1) is 11.2. The van der Waals surface area contributed by atoms with Gasteiger partial charge in [0.25, 0.3) is 0 Å². The Hall–Kier alpha value is -2.20. The van der Waals surface area contributed by atoms with Gasteiger partial charge in [-0.25, -0.2) is 0 Å². The average molecular weight is 309 g/mol. The maximum Gasteiger partial charge on any atom is 0.124 e. The van der Waals surface area contributed by atoms with Crippen molar-refractivity contribution in [1.29, 1.82) is 0 Å². The fraction of sp³-hybridized carbons (Fsp3) is 0.368. The molecule has 0 spiro atoms. The van der Waals surface area contributed by atoms with Gasteiger partial charge in [-0.15, -0.1) is 5.53 Å². The van der Waals surface area contributed by atoms with E-state index in [4.69, 9.17) is 4.74 Å². The minimum atomic E-state index is 0.601. The highest BCUT2D eigenvalue weighted by atomic mass is 16.5. The summed E-state index contributed by atoms with van der Waals surface area (Å²) in [5.41, 5.74) is 8.29. The van der Waals surface area contributed by atoms with Crippen LogP contribution in [0, 0.1) is 12.8 Å². The molecular formula is C19H23N3O. The second-order valence-electron chi connectivity index (χ2n) is 6.54. The zero-order valence-corrected chi connectivity index (χ0v) is 13.7. The highest BCUT2D eigenvalue weighted by Crippen LogP contribution is 2.42. The van der Waals surface area contributed by atoms with Crippen LogP contribution in [-0.2, 0) is 6.61 Å². The van der Waals surface area contributed by atoms with E-state index in [1.807, 2.05) is 18.2 Å². The molecule has 1 fully saturated rings. The number of nitrogens with one attached hydrogen (secondary N) is 1. The van der Waals surface area contributed by atoms with Gasteiger partial charge in [-0.1, -0.05) is 30.3 Å². The molecule has 1 N–H and O–H groups in total. The molecule has 0 amide bonds. The molecule has 120 valence electrons. The van der Waals surface area contributed by atoms with Gasteiger partial charge in [0, 0.05) is 19.2 Å². The number of ether oxygens (including phenoxy) is 1. The highest BCUT2D eigenvalue weighted by Gasteiger charge is 2.31. The molecule has 1 aliphatic carbocycles. The SMILES string of the molecule is Cc1c(OCc2ccccc2)ccc2c1N(C)NN2CC1CC1. The van der Waals surface area contributed by atoms with Crippen molar-refractivity contribution in [2.75, 3.05) is 23.6 Å². The van der Waals surface area contributed by atoms with Gasteiger partial charge in [-0.05, 0) is 43.4 Å². The monoisotopic (exact) mass is 309 g/mol. The maximum absolute atomic E-state index is 6.05.